The molecule has 2 aromatic carbocycles. The molecule has 1 amide bonds. The molecular weight excluding hydrogens is 363 g/mol. The first kappa shape index (κ1) is 19.3. The number of carbonyl (C=O) groups is 1. The Hall–Kier alpha value is -3.01. The highest BCUT2D eigenvalue weighted by Gasteiger charge is 2.25. The van der Waals surface area contributed by atoms with Crippen LogP contribution in [0.3, 0.4) is 0 Å². The molecule has 0 saturated carbocycles. The standard InChI is InChI=1S/C25H25FN2O/c1-18-5-2-3-6-21(18)17-23-7-4-8-24(27-23)19-13-15-28(16-14-19)25(29)20-9-11-22(26)12-10-20/h2-12,19H,13-17H2,1H3. The van der Waals surface area contributed by atoms with Gasteiger partial charge in [0.25, 0.3) is 5.91 Å². The minimum atomic E-state index is -0.322. The maximum Gasteiger partial charge on any atom is 0.253 e. The molecule has 0 N–H and O–H groups in total. The SMILES string of the molecule is Cc1ccccc1Cc1cccc(C2CCN(C(=O)c3ccc(F)cc3)CC2)n1. The van der Waals surface area contributed by atoms with E-state index in [0.29, 0.717) is 24.6 Å². The average Bonchev–Trinajstić information content (AvgIpc) is 2.76. The zero-order valence-electron chi connectivity index (χ0n) is 16.6. The molecule has 1 saturated heterocycles. The molecule has 3 nitrogen and oxygen atoms in total. The van der Waals surface area contributed by atoms with Crippen molar-refractivity contribution in [1.29, 1.82) is 0 Å². The van der Waals surface area contributed by atoms with Crippen molar-refractivity contribution in [2.75, 3.05) is 13.1 Å². The van der Waals surface area contributed by atoms with E-state index < -0.39 is 0 Å². The molecule has 0 radical (unpaired) electrons. The van der Waals surface area contributed by atoms with Crippen LogP contribution in [0.5, 0.6) is 0 Å². The molecule has 148 valence electrons. The average molecular weight is 388 g/mol. The van der Waals surface area contributed by atoms with E-state index in [-0.39, 0.29) is 11.7 Å². The highest BCUT2D eigenvalue weighted by Crippen LogP contribution is 2.28. The number of hydrogen-bond acceptors (Lipinski definition) is 2. The predicted octanol–water partition coefficient (Wildman–Crippen LogP) is 5.14. The van der Waals surface area contributed by atoms with Crippen LogP contribution >= 0.6 is 0 Å². The number of rotatable bonds is 4. The first-order valence-electron chi connectivity index (χ1n) is 10.2. The number of halogens is 1. The second-order valence-corrected chi connectivity index (χ2v) is 7.73. The fraction of sp³-hybridized carbons (Fsp3) is 0.280. The lowest BCUT2D eigenvalue weighted by atomic mass is 9.92. The molecule has 0 bridgehead atoms. The number of pyridine rings is 1. The van der Waals surface area contributed by atoms with Gasteiger partial charge in [0.2, 0.25) is 0 Å². The molecule has 0 spiro atoms. The molecule has 4 heteroatoms. The van der Waals surface area contributed by atoms with Crippen LogP contribution < -0.4 is 0 Å². The van der Waals surface area contributed by atoms with Crippen molar-refractivity contribution in [3.8, 4) is 0 Å². The number of hydrogen-bond donors (Lipinski definition) is 0. The van der Waals surface area contributed by atoms with E-state index in [1.54, 1.807) is 12.1 Å². The summed E-state index contributed by atoms with van der Waals surface area (Å²) in [7, 11) is 0. The maximum absolute atomic E-state index is 13.1. The van der Waals surface area contributed by atoms with Gasteiger partial charge in [0.1, 0.15) is 5.82 Å². The van der Waals surface area contributed by atoms with Crippen molar-refractivity contribution < 1.29 is 9.18 Å². The van der Waals surface area contributed by atoms with Crippen molar-refractivity contribution in [2.24, 2.45) is 0 Å². The largest absolute Gasteiger partial charge is 0.339 e. The Morgan fingerprint density at radius 1 is 1.00 bits per heavy atom. The molecule has 3 aromatic rings. The fourth-order valence-corrected chi connectivity index (χ4v) is 3.98. The Balaban J connectivity index is 1.40. The summed E-state index contributed by atoms with van der Waals surface area (Å²) in [4.78, 5) is 19.4. The number of amides is 1. The van der Waals surface area contributed by atoms with Gasteiger partial charge in [0, 0.05) is 42.4 Å². The number of aromatic nitrogens is 1. The van der Waals surface area contributed by atoms with E-state index in [4.69, 9.17) is 4.98 Å². The van der Waals surface area contributed by atoms with Gasteiger partial charge in [-0.1, -0.05) is 30.3 Å². The molecule has 1 aliphatic heterocycles. The first-order chi connectivity index (χ1) is 14.1. The molecule has 0 aliphatic carbocycles. The van der Waals surface area contributed by atoms with Crippen molar-refractivity contribution in [2.45, 2.75) is 32.1 Å². The Bertz CT molecular complexity index is 992. The Kier molecular flexibility index (Phi) is 5.70. The summed E-state index contributed by atoms with van der Waals surface area (Å²) >= 11 is 0. The van der Waals surface area contributed by atoms with Crippen LogP contribution in [-0.2, 0) is 6.42 Å². The zero-order valence-corrected chi connectivity index (χ0v) is 16.6. The Labute approximate surface area is 171 Å². The molecule has 1 aromatic heterocycles. The normalized spacial score (nSPS) is 14.8. The van der Waals surface area contributed by atoms with E-state index >= 15 is 0 Å². The minimum Gasteiger partial charge on any atom is -0.339 e. The lowest BCUT2D eigenvalue weighted by Crippen LogP contribution is -2.38. The fourth-order valence-electron chi connectivity index (χ4n) is 3.98. The van der Waals surface area contributed by atoms with E-state index in [2.05, 4.69) is 49.4 Å². The quantitative estimate of drug-likeness (QED) is 0.620. The smallest absolute Gasteiger partial charge is 0.253 e. The number of piperidine rings is 1. The van der Waals surface area contributed by atoms with Gasteiger partial charge >= 0.3 is 0 Å². The molecule has 0 unspecified atom stereocenters. The zero-order chi connectivity index (χ0) is 20.2. The summed E-state index contributed by atoms with van der Waals surface area (Å²) in [5, 5.41) is 0. The van der Waals surface area contributed by atoms with Gasteiger partial charge in [0.15, 0.2) is 0 Å². The summed E-state index contributed by atoms with van der Waals surface area (Å²) in [5.41, 5.74) is 5.33. The van der Waals surface area contributed by atoms with E-state index in [1.807, 2.05) is 4.90 Å². The van der Waals surface area contributed by atoms with Gasteiger partial charge in [-0.2, -0.15) is 0 Å². The van der Waals surface area contributed by atoms with Crippen LogP contribution in [0.2, 0.25) is 0 Å². The summed E-state index contributed by atoms with van der Waals surface area (Å²) in [6.07, 6.45) is 2.63. The maximum atomic E-state index is 13.1. The molecule has 29 heavy (non-hydrogen) atoms. The van der Waals surface area contributed by atoms with Gasteiger partial charge in [-0.3, -0.25) is 9.78 Å². The number of benzene rings is 2. The molecule has 4 rings (SSSR count). The summed E-state index contributed by atoms with van der Waals surface area (Å²) in [6.45, 7) is 3.53. The van der Waals surface area contributed by atoms with Gasteiger partial charge in [0.05, 0.1) is 0 Å². The topological polar surface area (TPSA) is 33.2 Å². The van der Waals surface area contributed by atoms with E-state index in [1.165, 1.54) is 23.3 Å². The van der Waals surface area contributed by atoms with E-state index in [9.17, 15) is 9.18 Å². The second-order valence-electron chi connectivity index (χ2n) is 7.73. The molecule has 1 fully saturated rings. The van der Waals surface area contributed by atoms with Gasteiger partial charge in [-0.25, -0.2) is 4.39 Å². The predicted molar refractivity (Wildman–Crippen MR) is 113 cm³/mol. The second kappa shape index (κ2) is 8.56. The third kappa shape index (κ3) is 4.53. The van der Waals surface area contributed by atoms with E-state index in [0.717, 1.165) is 30.7 Å². The molecule has 0 atom stereocenters. The van der Waals surface area contributed by atoms with Crippen molar-refractivity contribution >= 4 is 5.91 Å². The van der Waals surface area contributed by atoms with Gasteiger partial charge < -0.3 is 4.90 Å². The van der Waals surface area contributed by atoms with Crippen LogP contribution in [0.15, 0.2) is 66.7 Å². The number of likely N-dealkylation sites (tertiary alicyclic amines) is 1. The van der Waals surface area contributed by atoms with Crippen LogP contribution in [0, 0.1) is 12.7 Å². The number of carbonyl (C=O) groups excluding carboxylic acids is 1. The highest BCUT2D eigenvalue weighted by molar-refractivity contribution is 5.94. The van der Waals surface area contributed by atoms with Gasteiger partial charge in [-0.05, 0) is 67.3 Å². The minimum absolute atomic E-state index is 0.0234. The van der Waals surface area contributed by atoms with Crippen molar-refractivity contribution in [3.05, 3.63) is 101 Å². The van der Waals surface area contributed by atoms with Crippen molar-refractivity contribution in [3.63, 3.8) is 0 Å². The van der Waals surface area contributed by atoms with Crippen LogP contribution in [0.25, 0.3) is 0 Å². The van der Waals surface area contributed by atoms with Crippen LogP contribution in [0.1, 0.15) is 51.6 Å². The molecule has 2 heterocycles. The van der Waals surface area contributed by atoms with Crippen LogP contribution in [-0.4, -0.2) is 28.9 Å². The first-order valence-corrected chi connectivity index (χ1v) is 10.2. The summed E-state index contributed by atoms with van der Waals surface area (Å²) < 4.78 is 13.1. The number of nitrogens with zero attached hydrogens (tertiary/aromatic N) is 2. The van der Waals surface area contributed by atoms with Gasteiger partial charge in [-0.15, -0.1) is 0 Å². The third-order valence-corrected chi connectivity index (χ3v) is 5.75. The molecule has 1 aliphatic rings. The summed E-state index contributed by atoms with van der Waals surface area (Å²) in [6, 6.07) is 20.5. The lowest BCUT2D eigenvalue weighted by Gasteiger charge is -2.32. The van der Waals surface area contributed by atoms with Crippen molar-refractivity contribution in [1.82, 2.24) is 9.88 Å². The van der Waals surface area contributed by atoms with Crippen LogP contribution in [0.4, 0.5) is 4.39 Å². The monoisotopic (exact) mass is 388 g/mol. The Morgan fingerprint density at radius 3 is 2.45 bits per heavy atom. The summed E-state index contributed by atoms with van der Waals surface area (Å²) in [5.74, 6) is 0.0192. The Morgan fingerprint density at radius 2 is 1.72 bits per heavy atom. The lowest BCUT2D eigenvalue weighted by molar-refractivity contribution is 0.0712. The molecular formula is C25H25FN2O. The number of aryl methyl sites for hydroxylation is 1. The highest BCUT2D eigenvalue weighted by atomic mass is 19.1. The third-order valence-electron chi connectivity index (χ3n) is 5.75.